The van der Waals surface area contributed by atoms with Crippen molar-refractivity contribution in [3.63, 3.8) is 0 Å². The standard InChI is InChI=1S/C16H20N4S2/c1-19(2)9-10-20-15(13-7-5-11-22-13)14(18-16(20)21)12-6-3-4-8-17-12/h3-8,11,14-15H,9-10H2,1-2H3,(H,18,21). The highest BCUT2D eigenvalue weighted by Gasteiger charge is 2.39. The minimum Gasteiger partial charge on any atom is -0.352 e. The third kappa shape index (κ3) is 3.14. The molecule has 116 valence electrons. The van der Waals surface area contributed by atoms with Gasteiger partial charge in [0.05, 0.1) is 17.8 Å². The highest BCUT2D eigenvalue weighted by molar-refractivity contribution is 7.80. The van der Waals surface area contributed by atoms with Crippen LogP contribution in [-0.4, -0.2) is 47.1 Å². The maximum absolute atomic E-state index is 5.59. The molecule has 0 aromatic carbocycles. The summed E-state index contributed by atoms with van der Waals surface area (Å²) >= 11 is 7.37. The van der Waals surface area contributed by atoms with Crippen LogP contribution in [0.25, 0.3) is 0 Å². The lowest BCUT2D eigenvalue weighted by atomic mass is 10.0. The first-order chi connectivity index (χ1) is 10.7. The normalized spacial score (nSPS) is 21.4. The second kappa shape index (κ2) is 6.73. The molecule has 0 bridgehead atoms. The summed E-state index contributed by atoms with van der Waals surface area (Å²) in [6.07, 6.45) is 1.84. The van der Waals surface area contributed by atoms with E-state index in [0.29, 0.717) is 0 Å². The lowest BCUT2D eigenvalue weighted by Gasteiger charge is -2.27. The molecule has 3 heterocycles. The molecule has 2 unspecified atom stereocenters. The molecule has 1 aliphatic rings. The van der Waals surface area contributed by atoms with Gasteiger partial charge in [-0.2, -0.15) is 0 Å². The van der Waals surface area contributed by atoms with Crippen molar-refractivity contribution in [1.82, 2.24) is 20.1 Å². The van der Waals surface area contributed by atoms with Crippen molar-refractivity contribution in [1.29, 1.82) is 0 Å². The molecule has 0 aliphatic carbocycles. The van der Waals surface area contributed by atoms with E-state index in [1.54, 1.807) is 11.3 Å². The summed E-state index contributed by atoms with van der Waals surface area (Å²) in [5.41, 5.74) is 1.04. The minimum absolute atomic E-state index is 0.106. The summed E-state index contributed by atoms with van der Waals surface area (Å²) in [4.78, 5) is 10.3. The van der Waals surface area contributed by atoms with Gasteiger partial charge in [0.25, 0.3) is 0 Å². The van der Waals surface area contributed by atoms with Crippen molar-refractivity contribution in [2.24, 2.45) is 0 Å². The van der Waals surface area contributed by atoms with E-state index in [1.807, 2.05) is 18.3 Å². The molecule has 1 N–H and O–H groups in total. The van der Waals surface area contributed by atoms with Crippen LogP contribution in [0.5, 0.6) is 0 Å². The van der Waals surface area contributed by atoms with Gasteiger partial charge < -0.3 is 15.1 Å². The van der Waals surface area contributed by atoms with Gasteiger partial charge in [-0.05, 0) is 49.9 Å². The molecular formula is C16H20N4S2. The van der Waals surface area contributed by atoms with Crippen molar-refractivity contribution in [3.8, 4) is 0 Å². The summed E-state index contributed by atoms with van der Waals surface area (Å²) in [5.74, 6) is 0. The molecule has 1 fully saturated rings. The van der Waals surface area contributed by atoms with Gasteiger partial charge in [0.15, 0.2) is 5.11 Å². The molecule has 2 aromatic rings. The predicted molar refractivity (Wildman–Crippen MR) is 95.0 cm³/mol. The Balaban J connectivity index is 1.92. The Labute approximate surface area is 140 Å². The fraction of sp³-hybridized carbons (Fsp3) is 0.375. The molecule has 4 nitrogen and oxygen atoms in total. The van der Waals surface area contributed by atoms with E-state index in [4.69, 9.17) is 12.2 Å². The van der Waals surface area contributed by atoms with Crippen LogP contribution in [0.15, 0.2) is 41.9 Å². The Bertz CT molecular complexity index is 612. The summed E-state index contributed by atoms with van der Waals surface area (Å²) in [6.45, 7) is 1.88. The van der Waals surface area contributed by atoms with Gasteiger partial charge in [-0.3, -0.25) is 4.98 Å². The first-order valence-electron chi connectivity index (χ1n) is 7.33. The maximum atomic E-state index is 5.59. The van der Waals surface area contributed by atoms with E-state index in [9.17, 15) is 0 Å². The molecule has 0 saturated carbocycles. The molecule has 1 saturated heterocycles. The van der Waals surface area contributed by atoms with Crippen molar-refractivity contribution in [2.75, 3.05) is 27.2 Å². The molecule has 1 aliphatic heterocycles. The Kier molecular flexibility index (Phi) is 4.71. The maximum Gasteiger partial charge on any atom is 0.170 e. The Hall–Kier alpha value is -1.50. The number of nitrogens with zero attached hydrogens (tertiary/aromatic N) is 3. The van der Waals surface area contributed by atoms with Crippen LogP contribution in [0.1, 0.15) is 22.7 Å². The van der Waals surface area contributed by atoms with Crippen LogP contribution in [0.3, 0.4) is 0 Å². The molecule has 0 radical (unpaired) electrons. The third-order valence-corrected chi connectivity index (χ3v) is 5.12. The van der Waals surface area contributed by atoms with Crippen molar-refractivity contribution >= 4 is 28.7 Å². The van der Waals surface area contributed by atoms with Crippen molar-refractivity contribution in [3.05, 3.63) is 52.5 Å². The number of rotatable bonds is 5. The zero-order valence-corrected chi connectivity index (χ0v) is 14.4. The first kappa shape index (κ1) is 15.4. The molecule has 3 rings (SSSR count). The number of hydrogen-bond donors (Lipinski definition) is 1. The molecule has 2 atom stereocenters. The van der Waals surface area contributed by atoms with Gasteiger partial charge in [-0.15, -0.1) is 11.3 Å². The SMILES string of the molecule is CN(C)CCN1C(=S)NC(c2ccccn2)C1c1cccs1. The second-order valence-corrected chi connectivity index (χ2v) is 7.00. The Morgan fingerprint density at radius 3 is 2.82 bits per heavy atom. The molecular weight excluding hydrogens is 312 g/mol. The van der Waals surface area contributed by atoms with E-state index in [-0.39, 0.29) is 12.1 Å². The van der Waals surface area contributed by atoms with E-state index in [1.165, 1.54) is 4.88 Å². The highest BCUT2D eigenvalue weighted by atomic mass is 32.1. The van der Waals surface area contributed by atoms with Gasteiger partial charge in [0.2, 0.25) is 0 Å². The number of pyridine rings is 1. The summed E-state index contributed by atoms with van der Waals surface area (Å²) in [5, 5.41) is 6.40. The number of thiophene rings is 1. The third-order valence-electron chi connectivity index (χ3n) is 3.82. The molecule has 22 heavy (non-hydrogen) atoms. The number of aromatic nitrogens is 1. The Morgan fingerprint density at radius 1 is 1.32 bits per heavy atom. The van der Waals surface area contributed by atoms with Crippen LogP contribution in [0, 0.1) is 0 Å². The van der Waals surface area contributed by atoms with Gasteiger partial charge in [0.1, 0.15) is 0 Å². The van der Waals surface area contributed by atoms with Crippen molar-refractivity contribution in [2.45, 2.75) is 12.1 Å². The first-order valence-corrected chi connectivity index (χ1v) is 8.62. The Morgan fingerprint density at radius 2 is 2.18 bits per heavy atom. The molecule has 0 spiro atoms. The highest BCUT2D eigenvalue weighted by Crippen LogP contribution is 2.39. The zero-order chi connectivity index (χ0) is 15.5. The van der Waals surface area contributed by atoms with E-state index >= 15 is 0 Å². The number of hydrogen-bond acceptors (Lipinski definition) is 4. The fourth-order valence-electron chi connectivity index (χ4n) is 2.72. The largest absolute Gasteiger partial charge is 0.352 e. The summed E-state index contributed by atoms with van der Waals surface area (Å²) in [7, 11) is 4.17. The predicted octanol–water partition coefficient (Wildman–Crippen LogP) is 2.68. The van der Waals surface area contributed by atoms with E-state index in [2.05, 4.69) is 57.8 Å². The van der Waals surface area contributed by atoms with Crippen LogP contribution >= 0.6 is 23.6 Å². The monoisotopic (exact) mass is 332 g/mol. The summed E-state index contributed by atoms with van der Waals surface area (Å²) in [6, 6.07) is 10.6. The van der Waals surface area contributed by atoms with Gasteiger partial charge in [0, 0.05) is 24.2 Å². The lowest BCUT2D eigenvalue weighted by molar-refractivity contribution is 0.280. The van der Waals surface area contributed by atoms with Crippen LogP contribution < -0.4 is 5.32 Å². The van der Waals surface area contributed by atoms with Crippen LogP contribution in [0.4, 0.5) is 0 Å². The quantitative estimate of drug-likeness (QED) is 0.851. The number of likely N-dealkylation sites (N-methyl/N-ethyl adjacent to an activating group) is 1. The van der Waals surface area contributed by atoms with Crippen LogP contribution in [-0.2, 0) is 0 Å². The lowest BCUT2D eigenvalue weighted by Crippen LogP contribution is -2.35. The van der Waals surface area contributed by atoms with Gasteiger partial charge in [-0.25, -0.2) is 0 Å². The van der Waals surface area contributed by atoms with E-state index < -0.39 is 0 Å². The fourth-order valence-corrected chi connectivity index (χ4v) is 3.93. The van der Waals surface area contributed by atoms with Crippen molar-refractivity contribution < 1.29 is 0 Å². The van der Waals surface area contributed by atoms with E-state index in [0.717, 1.165) is 23.9 Å². The minimum atomic E-state index is 0.106. The van der Waals surface area contributed by atoms with Gasteiger partial charge >= 0.3 is 0 Å². The van der Waals surface area contributed by atoms with Gasteiger partial charge in [-0.1, -0.05) is 12.1 Å². The molecule has 2 aromatic heterocycles. The smallest absolute Gasteiger partial charge is 0.170 e. The summed E-state index contributed by atoms with van der Waals surface area (Å²) < 4.78 is 0. The molecule has 6 heteroatoms. The number of nitrogens with one attached hydrogen (secondary N) is 1. The van der Waals surface area contributed by atoms with Crippen LogP contribution in [0.2, 0.25) is 0 Å². The topological polar surface area (TPSA) is 31.4 Å². The average molecular weight is 332 g/mol. The second-order valence-electron chi connectivity index (χ2n) is 5.64. The number of thiocarbonyl (C=S) groups is 1. The zero-order valence-electron chi connectivity index (χ0n) is 12.8. The molecule has 0 amide bonds. The average Bonchev–Trinajstić information content (AvgIpc) is 3.13.